The van der Waals surface area contributed by atoms with Gasteiger partial charge in [-0.2, -0.15) is 13.2 Å². The van der Waals surface area contributed by atoms with Crippen LogP contribution in [0, 0.1) is 0 Å². The van der Waals surface area contributed by atoms with Crippen molar-refractivity contribution in [3.63, 3.8) is 0 Å². The highest BCUT2D eigenvalue weighted by Gasteiger charge is 2.28. The lowest BCUT2D eigenvalue weighted by Crippen LogP contribution is -2.30. The van der Waals surface area contributed by atoms with E-state index in [0.717, 1.165) is 5.39 Å². The lowest BCUT2D eigenvalue weighted by molar-refractivity contribution is -0.126. The summed E-state index contributed by atoms with van der Waals surface area (Å²) in [5.41, 5.74) is 0.461. The van der Waals surface area contributed by atoms with Crippen LogP contribution in [0.25, 0.3) is 10.8 Å². The third-order valence-corrected chi connectivity index (χ3v) is 3.01. The first-order chi connectivity index (χ1) is 8.88. The highest BCUT2D eigenvalue weighted by molar-refractivity contribution is 5.89. The summed E-state index contributed by atoms with van der Waals surface area (Å²) in [5.74, 6) is 0.0280. The number of aromatic hydroxyl groups is 1. The number of nitrogens with one attached hydrogen (secondary N) is 1. The van der Waals surface area contributed by atoms with Crippen molar-refractivity contribution in [2.75, 3.05) is 6.54 Å². The Morgan fingerprint density at radius 3 is 2.53 bits per heavy atom. The first kappa shape index (κ1) is 13.7. The molecule has 0 radical (unpaired) electrons. The second kappa shape index (κ2) is 5.09. The van der Waals surface area contributed by atoms with Gasteiger partial charge in [0.25, 0.3) is 0 Å². The first-order valence-electron chi connectivity index (χ1n) is 5.89. The van der Waals surface area contributed by atoms with Gasteiger partial charge >= 0.3 is 6.18 Å². The van der Waals surface area contributed by atoms with Crippen LogP contribution < -0.4 is 5.32 Å². The van der Waals surface area contributed by atoms with Gasteiger partial charge in [0.15, 0.2) is 0 Å². The molecule has 2 nitrogen and oxygen atoms in total. The summed E-state index contributed by atoms with van der Waals surface area (Å²) in [7, 11) is 0. The van der Waals surface area contributed by atoms with Gasteiger partial charge in [-0.1, -0.05) is 36.4 Å². The van der Waals surface area contributed by atoms with E-state index in [1.165, 1.54) is 0 Å². The van der Waals surface area contributed by atoms with Gasteiger partial charge in [-0.25, -0.2) is 0 Å². The number of rotatable bonds is 3. The highest BCUT2D eigenvalue weighted by Crippen LogP contribution is 2.32. The molecule has 0 heterocycles. The summed E-state index contributed by atoms with van der Waals surface area (Å²) in [6.45, 7) is 0.510. The number of benzene rings is 2. The molecule has 1 unspecified atom stereocenters. The predicted octanol–water partition coefficient (Wildman–Crippen LogP) is 3.76. The summed E-state index contributed by atoms with van der Waals surface area (Å²) in [4.78, 5) is 0. The van der Waals surface area contributed by atoms with Crippen LogP contribution in [0.15, 0.2) is 36.4 Å². The number of alkyl halides is 3. The van der Waals surface area contributed by atoms with Crippen molar-refractivity contribution in [3.8, 4) is 5.75 Å². The van der Waals surface area contributed by atoms with Crippen LogP contribution in [0.5, 0.6) is 5.75 Å². The molecule has 0 aliphatic heterocycles. The Kier molecular flexibility index (Phi) is 3.66. The van der Waals surface area contributed by atoms with E-state index >= 15 is 0 Å². The molecule has 2 N–H and O–H groups in total. The minimum absolute atomic E-state index is 0.0280. The first-order valence-corrected chi connectivity index (χ1v) is 5.89. The maximum atomic E-state index is 12.2. The van der Waals surface area contributed by atoms with Crippen molar-refractivity contribution < 1.29 is 18.3 Å². The fourth-order valence-electron chi connectivity index (χ4n) is 2.00. The molecule has 0 spiro atoms. The van der Waals surface area contributed by atoms with Crippen molar-refractivity contribution in [1.29, 1.82) is 0 Å². The summed E-state index contributed by atoms with van der Waals surface area (Å²) in [6, 6.07) is 10.1. The zero-order chi connectivity index (χ0) is 14.0. The van der Waals surface area contributed by atoms with Gasteiger partial charge in [0.05, 0.1) is 6.54 Å². The fourth-order valence-corrected chi connectivity index (χ4v) is 2.00. The fraction of sp³-hybridized carbons (Fsp3) is 0.286. The Balaban J connectivity index is 2.27. The molecular formula is C14H14F3NO. The average molecular weight is 269 g/mol. The number of hydrogen-bond acceptors (Lipinski definition) is 2. The van der Waals surface area contributed by atoms with E-state index in [1.807, 2.05) is 12.1 Å². The van der Waals surface area contributed by atoms with Gasteiger partial charge in [-0.3, -0.25) is 0 Å². The van der Waals surface area contributed by atoms with Crippen molar-refractivity contribution in [2.45, 2.75) is 19.1 Å². The Morgan fingerprint density at radius 2 is 1.84 bits per heavy atom. The van der Waals surface area contributed by atoms with Gasteiger partial charge in [0.2, 0.25) is 0 Å². The molecule has 0 aliphatic carbocycles. The lowest BCUT2D eigenvalue weighted by Gasteiger charge is -2.18. The number of fused-ring (bicyclic) bond motifs is 1. The zero-order valence-corrected chi connectivity index (χ0v) is 10.3. The van der Waals surface area contributed by atoms with Gasteiger partial charge in [-0.15, -0.1) is 0 Å². The van der Waals surface area contributed by atoms with Crippen molar-refractivity contribution >= 4 is 10.8 Å². The molecule has 19 heavy (non-hydrogen) atoms. The Bertz CT molecular complexity index is 580. The molecule has 1 atom stereocenters. The Labute approximate surface area is 108 Å². The predicted molar refractivity (Wildman–Crippen MR) is 68.1 cm³/mol. The van der Waals surface area contributed by atoms with E-state index in [1.54, 1.807) is 31.2 Å². The molecule has 0 saturated heterocycles. The van der Waals surface area contributed by atoms with Crippen LogP contribution >= 0.6 is 0 Å². The van der Waals surface area contributed by atoms with Crippen LogP contribution in [-0.4, -0.2) is 17.8 Å². The topological polar surface area (TPSA) is 32.3 Å². The monoisotopic (exact) mass is 269 g/mol. The third kappa shape index (κ3) is 3.17. The van der Waals surface area contributed by atoms with Gasteiger partial charge in [0, 0.05) is 17.0 Å². The van der Waals surface area contributed by atoms with E-state index in [2.05, 4.69) is 5.32 Å². The van der Waals surface area contributed by atoms with E-state index in [9.17, 15) is 18.3 Å². The summed E-state index contributed by atoms with van der Waals surface area (Å²) in [6.07, 6.45) is -4.26. The minimum Gasteiger partial charge on any atom is -0.507 e. The second-order valence-corrected chi connectivity index (χ2v) is 4.44. The number of phenolic OH excluding ortho intramolecular Hbond substituents is 1. The van der Waals surface area contributed by atoms with Gasteiger partial charge in [0.1, 0.15) is 5.75 Å². The normalized spacial score (nSPS) is 13.7. The number of phenols is 1. The molecular weight excluding hydrogens is 255 g/mol. The van der Waals surface area contributed by atoms with Crippen LogP contribution in [0.4, 0.5) is 13.2 Å². The van der Waals surface area contributed by atoms with Crippen molar-refractivity contribution in [3.05, 3.63) is 42.0 Å². The molecule has 0 aliphatic rings. The molecule has 0 fully saturated rings. The number of hydrogen-bond donors (Lipinski definition) is 2. The molecule has 0 bridgehead atoms. The number of halogens is 3. The summed E-state index contributed by atoms with van der Waals surface area (Å²) < 4.78 is 36.5. The third-order valence-electron chi connectivity index (χ3n) is 3.01. The highest BCUT2D eigenvalue weighted by atomic mass is 19.4. The molecule has 2 rings (SSSR count). The molecule has 0 saturated carbocycles. The van der Waals surface area contributed by atoms with E-state index < -0.39 is 18.8 Å². The average Bonchev–Trinajstić information content (AvgIpc) is 2.36. The Morgan fingerprint density at radius 1 is 1.16 bits per heavy atom. The van der Waals surface area contributed by atoms with E-state index in [0.29, 0.717) is 10.9 Å². The van der Waals surface area contributed by atoms with E-state index in [4.69, 9.17) is 0 Å². The van der Waals surface area contributed by atoms with Gasteiger partial charge in [-0.05, 0) is 12.3 Å². The van der Waals surface area contributed by atoms with Gasteiger partial charge < -0.3 is 10.4 Å². The summed E-state index contributed by atoms with van der Waals surface area (Å²) >= 11 is 0. The molecule has 0 aromatic heterocycles. The summed E-state index contributed by atoms with van der Waals surface area (Å²) in [5, 5.41) is 14.0. The van der Waals surface area contributed by atoms with Crippen molar-refractivity contribution in [1.82, 2.24) is 5.32 Å². The Hall–Kier alpha value is -1.75. The maximum absolute atomic E-state index is 12.2. The van der Waals surface area contributed by atoms with Crippen LogP contribution in [-0.2, 0) is 0 Å². The van der Waals surface area contributed by atoms with Crippen molar-refractivity contribution in [2.24, 2.45) is 0 Å². The molecule has 5 heteroatoms. The van der Waals surface area contributed by atoms with Crippen LogP contribution in [0.1, 0.15) is 18.5 Å². The van der Waals surface area contributed by atoms with Crippen LogP contribution in [0.3, 0.4) is 0 Å². The molecule has 2 aromatic rings. The SMILES string of the molecule is CC(NCC(F)(F)F)c1ccc2ccccc2c1O. The van der Waals surface area contributed by atoms with Crippen LogP contribution in [0.2, 0.25) is 0 Å². The molecule has 0 amide bonds. The second-order valence-electron chi connectivity index (χ2n) is 4.44. The standard InChI is InChI=1S/C14H14F3NO/c1-9(18-8-14(15,16)17)11-7-6-10-4-2-3-5-12(10)13(11)19/h2-7,9,18-19H,8H2,1H3. The molecule has 2 aromatic carbocycles. The molecule has 102 valence electrons. The lowest BCUT2D eigenvalue weighted by atomic mass is 10.0. The largest absolute Gasteiger partial charge is 0.507 e. The minimum atomic E-state index is -4.26. The van der Waals surface area contributed by atoms with E-state index in [-0.39, 0.29) is 5.75 Å². The quantitative estimate of drug-likeness (QED) is 0.889. The maximum Gasteiger partial charge on any atom is 0.401 e. The smallest absolute Gasteiger partial charge is 0.401 e. The zero-order valence-electron chi connectivity index (χ0n) is 10.3.